The summed E-state index contributed by atoms with van der Waals surface area (Å²) in [6, 6.07) is 21.4. The Morgan fingerprint density at radius 1 is 1.16 bits per heavy atom. The van der Waals surface area contributed by atoms with Gasteiger partial charge in [0.25, 0.3) is 0 Å². The summed E-state index contributed by atoms with van der Waals surface area (Å²) in [6.07, 6.45) is 7.02. The number of rotatable bonds is 7. The largest absolute Gasteiger partial charge is 0.348 e. The topological polar surface area (TPSA) is 79.5 Å². The Morgan fingerprint density at radius 2 is 2.00 bits per heavy atom. The molecule has 0 saturated carbocycles. The van der Waals surface area contributed by atoms with Crippen molar-refractivity contribution < 1.29 is 0 Å². The second kappa shape index (κ2) is 9.81. The standard InChI is InChI=1S/C27H29N5/c1-21-3-2-4-24(13-21)15-27(19-29)10-12-32(11-9-26-17-30-20-31-26)18-25(27)14-22-5-7-23(16-28)8-6-22/h2-8,13,17,20,25H,9-12,14-15,18H2,1H3,(H,30,31). The summed E-state index contributed by atoms with van der Waals surface area (Å²) >= 11 is 0. The lowest BCUT2D eigenvalue weighted by Gasteiger charge is -2.44. The summed E-state index contributed by atoms with van der Waals surface area (Å²) in [5.74, 6) is 0.219. The van der Waals surface area contributed by atoms with Gasteiger partial charge in [-0.2, -0.15) is 10.5 Å². The number of nitriles is 2. The smallest absolute Gasteiger partial charge is 0.0991 e. The van der Waals surface area contributed by atoms with Gasteiger partial charge in [-0.1, -0.05) is 42.0 Å². The number of benzene rings is 2. The maximum Gasteiger partial charge on any atom is 0.0991 e. The third-order valence-electron chi connectivity index (χ3n) is 6.78. The second-order valence-electron chi connectivity index (χ2n) is 9.02. The number of likely N-dealkylation sites (tertiary alicyclic amines) is 1. The number of nitrogens with one attached hydrogen (secondary N) is 1. The fourth-order valence-electron chi connectivity index (χ4n) is 4.91. The highest BCUT2D eigenvalue weighted by Gasteiger charge is 2.43. The first-order chi connectivity index (χ1) is 15.6. The van der Waals surface area contributed by atoms with E-state index in [-0.39, 0.29) is 5.92 Å². The first-order valence-electron chi connectivity index (χ1n) is 11.3. The lowest BCUT2D eigenvalue weighted by Crippen LogP contribution is -2.49. The molecule has 0 amide bonds. The molecule has 2 aromatic carbocycles. The minimum Gasteiger partial charge on any atom is -0.348 e. The Kier molecular flexibility index (Phi) is 6.69. The summed E-state index contributed by atoms with van der Waals surface area (Å²) in [5, 5.41) is 19.6. The number of aromatic nitrogens is 2. The predicted molar refractivity (Wildman–Crippen MR) is 125 cm³/mol. The van der Waals surface area contributed by atoms with E-state index in [1.165, 1.54) is 16.7 Å². The Labute approximate surface area is 190 Å². The van der Waals surface area contributed by atoms with E-state index < -0.39 is 5.41 Å². The van der Waals surface area contributed by atoms with E-state index >= 15 is 0 Å². The van der Waals surface area contributed by atoms with E-state index in [0.29, 0.717) is 5.56 Å². The van der Waals surface area contributed by atoms with Gasteiger partial charge in [-0.25, -0.2) is 4.98 Å². The third kappa shape index (κ3) is 5.07. The van der Waals surface area contributed by atoms with Crippen molar-refractivity contribution in [3.05, 3.63) is 89.0 Å². The van der Waals surface area contributed by atoms with Gasteiger partial charge in [0.2, 0.25) is 0 Å². The molecule has 5 heteroatoms. The molecule has 0 aliphatic carbocycles. The van der Waals surface area contributed by atoms with Gasteiger partial charge in [-0.05, 0) is 61.9 Å². The van der Waals surface area contributed by atoms with Gasteiger partial charge < -0.3 is 9.88 Å². The molecule has 162 valence electrons. The van der Waals surface area contributed by atoms with Crippen LogP contribution in [0.3, 0.4) is 0 Å². The molecule has 3 aromatic rings. The molecule has 2 atom stereocenters. The third-order valence-corrected chi connectivity index (χ3v) is 6.78. The van der Waals surface area contributed by atoms with Crippen molar-refractivity contribution in [2.24, 2.45) is 11.3 Å². The molecule has 1 saturated heterocycles. The average Bonchev–Trinajstić information content (AvgIpc) is 3.33. The Bertz CT molecular complexity index is 1100. The van der Waals surface area contributed by atoms with Crippen LogP contribution in [0.5, 0.6) is 0 Å². The van der Waals surface area contributed by atoms with Crippen LogP contribution in [0.1, 0.15) is 34.4 Å². The van der Waals surface area contributed by atoms with Crippen LogP contribution >= 0.6 is 0 Å². The van der Waals surface area contributed by atoms with Crippen LogP contribution in [-0.2, 0) is 19.3 Å². The molecule has 1 N–H and O–H groups in total. The molecule has 32 heavy (non-hydrogen) atoms. The second-order valence-corrected chi connectivity index (χ2v) is 9.02. The highest BCUT2D eigenvalue weighted by molar-refractivity contribution is 5.32. The minimum absolute atomic E-state index is 0.219. The number of H-pyrrole nitrogens is 1. The Morgan fingerprint density at radius 3 is 2.69 bits per heavy atom. The van der Waals surface area contributed by atoms with Gasteiger partial charge in [-0.3, -0.25) is 0 Å². The van der Waals surface area contributed by atoms with Crippen molar-refractivity contribution in [3.63, 3.8) is 0 Å². The number of aromatic amines is 1. The normalized spacial score (nSPS) is 21.0. The summed E-state index contributed by atoms with van der Waals surface area (Å²) in [6.45, 7) is 4.89. The first kappa shape index (κ1) is 21.8. The van der Waals surface area contributed by atoms with Gasteiger partial charge >= 0.3 is 0 Å². The summed E-state index contributed by atoms with van der Waals surface area (Å²) < 4.78 is 0. The van der Waals surface area contributed by atoms with Crippen LogP contribution in [-0.4, -0.2) is 34.5 Å². The lowest BCUT2D eigenvalue weighted by molar-refractivity contribution is 0.0739. The van der Waals surface area contributed by atoms with Crippen molar-refractivity contribution >= 4 is 0 Å². The Hall–Kier alpha value is -3.41. The van der Waals surface area contributed by atoms with Crippen LogP contribution in [0.2, 0.25) is 0 Å². The lowest BCUT2D eigenvalue weighted by atomic mass is 9.65. The van der Waals surface area contributed by atoms with Crippen molar-refractivity contribution in [1.29, 1.82) is 10.5 Å². The maximum absolute atomic E-state index is 10.4. The molecular weight excluding hydrogens is 394 g/mol. The zero-order valence-corrected chi connectivity index (χ0v) is 18.6. The van der Waals surface area contributed by atoms with E-state index in [9.17, 15) is 5.26 Å². The fraction of sp³-hybridized carbons (Fsp3) is 0.370. The molecule has 2 unspecified atom stereocenters. The first-order valence-corrected chi connectivity index (χ1v) is 11.3. The van der Waals surface area contributed by atoms with E-state index in [2.05, 4.69) is 58.2 Å². The number of nitrogens with zero attached hydrogens (tertiary/aromatic N) is 4. The van der Waals surface area contributed by atoms with Crippen molar-refractivity contribution in [2.45, 2.75) is 32.6 Å². The predicted octanol–water partition coefficient (Wildman–Crippen LogP) is 4.45. The van der Waals surface area contributed by atoms with Crippen LogP contribution in [0, 0.1) is 40.9 Å². The summed E-state index contributed by atoms with van der Waals surface area (Å²) in [7, 11) is 0. The molecule has 1 aliphatic heterocycles. The molecule has 0 radical (unpaired) electrons. The van der Waals surface area contributed by atoms with Crippen molar-refractivity contribution in [3.8, 4) is 12.1 Å². The van der Waals surface area contributed by atoms with Gasteiger partial charge in [0, 0.05) is 31.4 Å². The van der Waals surface area contributed by atoms with Crippen LogP contribution in [0.4, 0.5) is 0 Å². The van der Waals surface area contributed by atoms with Crippen molar-refractivity contribution in [1.82, 2.24) is 14.9 Å². The number of aryl methyl sites for hydroxylation is 1. The fourth-order valence-corrected chi connectivity index (χ4v) is 4.91. The molecular formula is C27H29N5. The SMILES string of the molecule is Cc1cccc(CC2(C#N)CCN(CCc3cnc[nH]3)CC2Cc2ccc(C#N)cc2)c1. The van der Waals surface area contributed by atoms with Crippen LogP contribution < -0.4 is 0 Å². The highest BCUT2D eigenvalue weighted by atomic mass is 15.1. The van der Waals surface area contributed by atoms with Crippen LogP contribution in [0.15, 0.2) is 61.1 Å². The van der Waals surface area contributed by atoms with Gasteiger partial charge in [0.15, 0.2) is 0 Å². The molecule has 1 fully saturated rings. The molecule has 1 aromatic heterocycles. The van der Waals surface area contributed by atoms with Crippen LogP contribution in [0.25, 0.3) is 0 Å². The van der Waals surface area contributed by atoms with E-state index in [4.69, 9.17) is 5.26 Å². The number of hydrogen-bond acceptors (Lipinski definition) is 4. The van der Waals surface area contributed by atoms with Gasteiger partial charge in [-0.15, -0.1) is 0 Å². The zero-order valence-electron chi connectivity index (χ0n) is 18.6. The summed E-state index contributed by atoms with van der Waals surface area (Å²) in [5.41, 5.74) is 5.08. The molecule has 5 nitrogen and oxygen atoms in total. The molecule has 0 bridgehead atoms. The maximum atomic E-state index is 10.4. The summed E-state index contributed by atoms with van der Waals surface area (Å²) in [4.78, 5) is 9.80. The van der Waals surface area contributed by atoms with E-state index in [0.717, 1.165) is 51.0 Å². The van der Waals surface area contributed by atoms with E-state index in [1.807, 2.05) is 30.5 Å². The number of imidazole rings is 1. The van der Waals surface area contributed by atoms with Gasteiger partial charge in [0.05, 0.1) is 29.4 Å². The zero-order chi connectivity index (χ0) is 22.4. The van der Waals surface area contributed by atoms with Crippen molar-refractivity contribution in [2.75, 3.05) is 19.6 Å². The van der Waals surface area contributed by atoms with E-state index in [1.54, 1.807) is 6.33 Å². The quantitative estimate of drug-likeness (QED) is 0.609. The van der Waals surface area contributed by atoms with Gasteiger partial charge in [0.1, 0.15) is 0 Å². The number of hydrogen-bond donors (Lipinski definition) is 1. The molecule has 4 rings (SSSR count). The monoisotopic (exact) mass is 423 g/mol. The minimum atomic E-state index is -0.397. The Balaban J connectivity index is 1.56. The molecule has 1 aliphatic rings. The number of piperidine rings is 1. The molecule has 0 spiro atoms. The average molecular weight is 424 g/mol. The highest BCUT2D eigenvalue weighted by Crippen LogP contribution is 2.41. The molecule has 2 heterocycles.